The highest BCUT2D eigenvalue weighted by Crippen LogP contribution is 2.31. The lowest BCUT2D eigenvalue weighted by Crippen LogP contribution is -2.51. The lowest BCUT2D eigenvalue weighted by Gasteiger charge is -2.35. The van der Waals surface area contributed by atoms with Gasteiger partial charge in [-0.25, -0.2) is 4.79 Å². The number of imide groups is 1. The molecule has 1 heterocycles. The van der Waals surface area contributed by atoms with E-state index in [9.17, 15) is 19.7 Å². The van der Waals surface area contributed by atoms with Crippen LogP contribution in [0.4, 0.5) is 16.2 Å². The average Bonchev–Trinajstić information content (AvgIpc) is 2.75. The minimum absolute atomic E-state index is 0.0284. The number of rotatable bonds is 7. The smallest absolute Gasteiger partial charge is 0.321 e. The summed E-state index contributed by atoms with van der Waals surface area (Å²) in [6.45, 7) is 2.82. The van der Waals surface area contributed by atoms with Gasteiger partial charge >= 0.3 is 6.03 Å². The Hall–Kier alpha value is -2.65. The molecule has 0 bridgehead atoms. The van der Waals surface area contributed by atoms with E-state index < -0.39 is 11.0 Å². The second-order valence-electron chi connectivity index (χ2n) is 7.82. The van der Waals surface area contributed by atoms with E-state index in [0.717, 1.165) is 19.3 Å². The van der Waals surface area contributed by atoms with E-state index in [4.69, 9.17) is 11.6 Å². The molecule has 1 fully saturated rings. The third-order valence-electron chi connectivity index (χ3n) is 5.58. The van der Waals surface area contributed by atoms with Gasteiger partial charge in [0.05, 0.1) is 11.5 Å². The van der Waals surface area contributed by atoms with Crippen molar-refractivity contribution in [1.82, 2.24) is 15.5 Å². The first-order valence-electron chi connectivity index (χ1n) is 10.6. The summed E-state index contributed by atoms with van der Waals surface area (Å²) in [7, 11) is 0. The van der Waals surface area contributed by atoms with Gasteiger partial charge in [0.25, 0.3) is 5.69 Å². The Kier molecular flexibility index (Phi) is 8.25. The van der Waals surface area contributed by atoms with Gasteiger partial charge in [-0.05, 0) is 44.2 Å². The number of hydrogen-bond acceptors (Lipinski definition) is 6. The number of benzene rings is 1. The number of nitro benzene ring substituents is 1. The van der Waals surface area contributed by atoms with Crippen LogP contribution in [0.2, 0.25) is 5.02 Å². The van der Waals surface area contributed by atoms with E-state index in [1.54, 1.807) is 12.1 Å². The van der Waals surface area contributed by atoms with Gasteiger partial charge in [-0.2, -0.15) is 0 Å². The molecule has 0 unspecified atom stereocenters. The fourth-order valence-electron chi connectivity index (χ4n) is 3.94. The molecule has 0 atom stereocenters. The predicted octanol–water partition coefficient (Wildman–Crippen LogP) is 3.09. The maximum Gasteiger partial charge on any atom is 0.321 e. The first-order valence-corrected chi connectivity index (χ1v) is 11.0. The highest BCUT2D eigenvalue weighted by molar-refractivity contribution is 6.30. The zero-order chi connectivity index (χ0) is 22.2. The first kappa shape index (κ1) is 23.0. The molecule has 3 rings (SSSR count). The second-order valence-corrected chi connectivity index (χ2v) is 8.25. The Morgan fingerprint density at radius 1 is 1.16 bits per heavy atom. The van der Waals surface area contributed by atoms with Gasteiger partial charge in [-0.1, -0.05) is 23.3 Å². The van der Waals surface area contributed by atoms with Crippen LogP contribution in [-0.2, 0) is 4.79 Å². The lowest BCUT2D eigenvalue weighted by atomic mass is 9.97. The van der Waals surface area contributed by atoms with Crippen LogP contribution in [0.5, 0.6) is 0 Å². The molecule has 1 aromatic carbocycles. The molecule has 0 spiro atoms. The summed E-state index contributed by atoms with van der Waals surface area (Å²) in [4.78, 5) is 38.8. The quantitative estimate of drug-likeness (QED) is 0.376. The molecule has 168 valence electrons. The summed E-state index contributed by atoms with van der Waals surface area (Å²) in [6.07, 6.45) is 7.70. The third kappa shape index (κ3) is 6.93. The standard InChI is InChI=1S/C21H28ClN5O4/c22-17-6-7-18(19(14-17)27(30)31)26-12-10-25(11-13-26)15-20(28)24-21(29)23-9-8-16-4-2-1-3-5-16/h4,6-7,14H,1-3,5,8-13,15H2,(H2,23,24,28,29). The Labute approximate surface area is 186 Å². The van der Waals surface area contributed by atoms with Gasteiger partial charge in [0, 0.05) is 43.8 Å². The Bertz CT molecular complexity index is 852. The topological polar surface area (TPSA) is 108 Å². The molecule has 0 aromatic heterocycles. The fraction of sp³-hybridized carbons (Fsp3) is 0.524. The molecular weight excluding hydrogens is 422 g/mol. The van der Waals surface area contributed by atoms with Crippen LogP contribution in [0.25, 0.3) is 0 Å². The first-order chi connectivity index (χ1) is 14.9. The van der Waals surface area contributed by atoms with Crippen LogP contribution < -0.4 is 15.5 Å². The van der Waals surface area contributed by atoms with E-state index in [-0.39, 0.29) is 18.1 Å². The van der Waals surface area contributed by atoms with Crippen molar-refractivity contribution in [2.45, 2.75) is 32.1 Å². The minimum Gasteiger partial charge on any atom is -0.363 e. The van der Waals surface area contributed by atoms with Crippen molar-refractivity contribution in [3.63, 3.8) is 0 Å². The molecule has 2 N–H and O–H groups in total. The summed E-state index contributed by atoms with van der Waals surface area (Å²) in [6, 6.07) is 4.15. The number of carbonyl (C=O) groups is 2. The highest BCUT2D eigenvalue weighted by Gasteiger charge is 2.25. The largest absolute Gasteiger partial charge is 0.363 e. The monoisotopic (exact) mass is 449 g/mol. The van der Waals surface area contributed by atoms with E-state index in [1.807, 2.05) is 9.80 Å². The minimum atomic E-state index is -0.475. The summed E-state index contributed by atoms with van der Waals surface area (Å²) < 4.78 is 0. The van der Waals surface area contributed by atoms with Crippen molar-refractivity contribution < 1.29 is 14.5 Å². The Morgan fingerprint density at radius 3 is 2.61 bits per heavy atom. The van der Waals surface area contributed by atoms with Crippen LogP contribution in [-0.4, -0.2) is 61.0 Å². The molecule has 10 heteroatoms. The molecule has 0 radical (unpaired) electrons. The molecule has 1 aliphatic carbocycles. The number of anilines is 1. The van der Waals surface area contributed by atoms with Crippen molar-refractivity contribution in [2.75, 3.05) is 44.2 Å². The predicted molar refractivity (Wildman–Crippen MR) is 119 cm³/mol. The van der Waals surface area contributed by atoms with Crippen molar-refractivity contribution in [3.8, 4) is 0 Å². The highest BCUT2D eigenvalue weighted by atomic mass is 35.5. The second kappa shape index (κ2) is 11.1. The van der Waals surface area contributed by atoms with Gasteiger partial charge in [0.15, 0.2) is 0 Å². The molecule has 0 saturated carbocycles. The van der Waals surface area contributed by atoms with Crippen molar-refractivity contribution in [1.29, 1.82) is 0 Å². The summed E-state index contributed by atoms with van der Waals surface area (Å²) >= 11 is 5.88. The van der Waals surface area contributed by atoms with Gasteiger partial charge in [0.1, 0.15) is 5.69 Å². The fourth-order valence-corrected chi connectivity index (χ4v) is 4.11. The maximum atomic E-state index is 12.2. The zero-order valence-corrected chi connectivity index (χ0v) is 18.2. The number of hydrogen-bond donors (Lipinski definition) is 2. The zero-order valence-electron chi connectivity index (χ0n) is 17.4. The number of carbonyl (C=O) groups excluding carboxylic acids is 2. The lowest BCUT2D eigenvalue weighted by molar-refractivity contribution is -0.384. The van der Waals surface area contributed by atoms with E-state index in [2.05, 4.69) is 16.7 Å². The maximum absolute atomic E-state index is 12.2. The number of amides is 3. The van der Waals surface area contributed by atoms with Gasteiger partial charge in [-0.3, -0.25) is 25.1 Å². The van der Waals surface area contributed by atoms with Crippen molar-refractivity contribution >= 4 is 34.9 Å². The molecule has 3 amide bonds. The van der Waals surface area contributed by atoms with E-state index in [1.165, 1.54) is 24.5 Å². The molecular formula is C21H28ClN5O4. The summed E-state index contributed by atoms with van der Waals surface area (Å²) in [5.74, 6) is -0.361. The molecule has 1 aromatic rings. The van der Waals surface area contributed by atoms with Crippen molar-refractivity contribution in [3.05, 3.63) is 45.0 Å². The van der Waals surface area contributed by atoms with E-state index >= 15 is 0 Å². The van der Waals surface area contributed by atoms with E-state index in [0.29, 0.717) is 43.4 Å². The van der Waals surface area contributed by atoms with Crippen LogP contribution >= 0.6 is 11.6 Å². The summed E-state index contributed by atoms with van der Waals surface area (Å²) in [5.41, 5.74) is 1.86. The molecule has 9 nitrogen and oxygen atoms in total. The SMILES string of the molecule is O=C(CN1CCN(c2ccc(Cl)cc2[N+](=O)[O-])CC1)NC(=O)NCCC1=CCCCC1. The third-order valence-corrected chi connectivity index (χ3v) is 5.82. The molecule has 2 aliphatic rings. The van der Waals surface area contributed by atoms with Gasteiger partial charge in [-0.15, -0.1) is 0 Å². The van der Waals surface area contributed by atoms with Gasteiger partial charge in [0.2, 0.25) is 5.91 Å². The number of piperazine rings is 1. The number of allylic oxidation sites excluding steroid dienone is 1. The number of urea groups is 1. The number of nitrogens with one attached hydrogen (secondary N) is 2. The van der Waals surface area contributed by atoms with Gasteiger partial charge < -0.3 is 10.2 Å². The van der Waals surface area contributed by atoms with Crippen LogP contribution in [0, 0.1) is 10.1 Å². The number of nitro groups is 1. The number of halogens is 1. The number of nitrogens with zero attached hydrogens (tertiary/aromatic N) is 3. The van der Waals surface area contributed by atoms with Crippen LogP contribution in [0.15, 0.2) is 29.8 Å². The Morgan fingerprint density at radius 2 is 1.94 bits per heavy atom. The molecule has 31 heavy (non-hydrogen) atoms. The normalized spacial score (nSPS) is 17.1. The summed E-state index contributed by atoms with van der Waals surface area (Å²) in [5, 5.41) is 16.7. The Balaban J connectivity index is 1.39. The average molecular weight is 450 g/mol. The van der Waals surface area contributed by atoms with Crippen LogP contribution in [0.3, 0.4) is 0 Å². The molecule has 1 aliphatic heterocycles. The van der Waals surface area contributed by atoms with Crippen molar-refractivity contribution in [2.24, 2.45) is 0 Å². The van der Waals surface area contributed by atoms with Crippen LogP contribution in [0.1, 0.15) is 32.1 Å². The molecule has 1 saturated heterocycles.